The van der Waals surface area contributed by atoms with Crippen LogP contribution in [-0.4, -0.2) is 43.7 Å². The third-order valence-corrected chi connectivity index (χ3v) is 3.00. The van der Waals surface area contributed by atoms with Crippen molar-refractivity contribution in [2.75, 3.05) is 26.8 Å². The Labute approximate surface area is 107 Å². The van der Waals surface area contributed by atoms with Gasteiger partial charge in [-0.2, -0.15) is 0 Å². The quantitative estimate of drug-likeness (QED) is 0.416. The van der Waals surface area contributed by atoms with Crippen LogP contribution in [0.2, 0.25) is 0 Å². The number of ether oxygens (including phenoxy) is 2. The zero-order valence-corrected chi connectivity index (χ0v) is 10.7. The first-order valence-electron chi connectivity index (χ1n) is 6.25. The van der Waals surface area contributed by atoms with Gasteiger partial charge in [0, 0.05) is 26.8 Å². The van der Waals surface area contributed by atoms with Gasteiger partial charge in [-0.1, -0.05) is 30.3 Å². The maximum absolute atomic E-state index is 11.7. The standard InChI is InChI=1S/C14H19NO3/c1-17-9-5-8-15-10-13(15)14(16)18-11-12-6-3-2-4-7-12/h2-4,6-7,13H,5,8-11H2,1H3/t13-,15?/m0/s1. The second-order valence-electron chi connectivity index (χ2n) is 4.45. The number of carbonyl (C=O) groups is 1. The molecule has 2 rings (SSSR count). The smallest absolute Gasteiger partial charge is 0.325 e. The van der Waals surface area contributed by atoms with E-state index in [0.29, 0.717) is 6.61 Å². The average molecular weight is 249 g/mol. The Morgan fingerprint density at radius 3 is 2.89 bits per heavy atom. The van der Waals surface area contributed by atoms with Gasteiger partial charge in [-0.3, -0.25) is 9.69 Å². The minimum Gasteiger partial charge on any atom is -0.460 e. The van der Waals surface area contributed by atoms with E-state index < -0.39 is 0 Å². The Hall–Kier alpha value is -1.39. The zero-order chi connectivity index (χ0) is 12.8. The second-order valence-corrected chi connectivity index (χ2v) is 4.45. The summed E-state index contributed by atoms with van der Waals surface area (Å²) >= 11 is 0. The van der Waals surface area contributed by atoms with Crippen LogP contribution in [0.3, 0.4) is 0 Å². The number of esters is 1. The number of carbonyl (C=O) groups excluding carboxylic acids is 1. The summed E-state index contributed by atoms with van der Waals surface area (Å²) in [7, 11) is 1.69. The van der Waals surface area contributed by atoms with Gasteiger partial charge in [-0.15, -0.1) is 0 Å². The van der Waals surface area contributed by atoms with E-state index in [1.807, 2.05) is 30.3 Å². The molecule has 0 saturated carbocycles. The summed E-state index contributed by atoms with van der Waals surface area (Å²) in [6, 6.07) is 9.71. The van der Waals surface area contributed by atoms with E-state index in [-0.39, 0.29) is 12.0 Å². The second kappa shape index (κ2) is 6.52. The average Bonchev–Trinajstić information content (AvgIpc) is 3.17. The fourth-order valence-corrected chi connectivity index (χ4v) is 1.88. The molecule has 98 valence electrons. The van der Waals surface area contributed by atoms with Gasteiger partial charge in [-0.05, 0) is 12.0 Å². The van der Waals surface area contributed by atoms with Gasteiger partial charge >= 0.3 is 5.97 Å². The summed E-state index contributed by atoms with van der Waals surface area (Å²) in [5.74, 6) is -0.115. The van der Waals surface area contributed by atoms with Gasteiger partial charge in [0.25, 0.3) is 0 Å². The molecule has 1 unspecified atom stereocenters. The Morgan fingerprint density at radius 2 is 2.17 bits per heavy atom. The van der Waals surface area contributed by atoms with Crippen LogP contribution in [0.15, 0.2) is 30.3 Å². The van der Waals surface area contributed by atoms with Crippen LogP contribution < -0.4 is 0 Å². The first-order valence-corrected chi connectivity index (χ1v) is 6.25. The maximum Gasteiger partial charge on any atom is 0.325 e. The van der Waals surface area contributed by atoms with Gasteiger partial charge in [0.05, 0.1) is 0 Å². The molecule has 1 heterocycles. The van der Waals surface area contributed by atoms with Crippen LogP contribution in [0.4, 0.5) is 0 Å². The highest BCUT2D eigenvalue weighted by molar-refractivity contribution is 5.79. The summed E-state index contributed by atoms with van der Waals surface area (Å²) in [5, 5.41) is 0. The van der Waals surface area contributed by atoms with Gasteiger partial charge in [0.15, 0.2) is 0 Å². The zero-order valence-electron chi connectivity index (χ0n) is 10.7. The summed E-state index contributed by atoms with van der Waals surface area (Å²) in [6.07, 6.45) is 0.957. The molecule has 4 nitrogen and oxygen atoms in total. The first kappa shape index (κ1) is 13.1. The Bertz CT molecular complexity index is 380. The molecule has 1 saturated heterocycles. The normalized spacial score (nSPS) is 21.6. The fourth-order valence-electron chi connectivity index (χ4n) is 1.88. The predicted molar refractivity (Wildman–Crippen MR) is 68.1 cm³/mol. The molecular formula is C14H19NO3. The van der Waals surface area contributed by atoms with Crippen LogP contribution in [0.1, 0.15) is 12.0 Å². The van der Waals surface area contributed by atoms with E-state index in [1.54, 1.807) is 7.11 Å². The molecule has 0 N–H and O–H groups in total. The van der Waals surface area contributed by atoms with Crippen LogP contribution in [0, 0.1) is 0 Å². The van der Waals surface area contributed by atoms with Crippen molar-refractivity contribution < 1.29 is 14.3 Å². The largest absolute Gasteiger partial charge is 0.460 e. The van der Waals surface area contributed by atoms with Crippen molar-refractivity contribution in [1.29, 1.82) is 0 Å². The van der Waals surface area contributed by atoms with Gasteiger partial charge < -0.3 is 9.47 Å². The molecule has 0 amide bonds. The van der Waals surface area contributed by atoms with Crippen molar-refractivity contribution in [2.45, 2.75) is 19.1 Å². The maximum atomic E-state index is 11.7. The Morgan fingerprint density at radius 1 is 1.39 bits per heavy atom. The van der Waals surface area contributed by atoms with Gasteiger partial charge in [-0.25, -0.2) is 0 Å². The van der Waals surface area contributed by atoms with Crippen molar-refractivity contribution in [2.24, 2.45) is 0 Å². The van der Waals surface area contributed by atoms with E-state index in [0.717, 1.165) is 31.7 Å². The first-order chi connectivity index (χ1) is 8.81. The summed E-state index contributed by atoms with van der Waals surface area (Å²) in [4.78, 5) is 13.8. The predicted octanol–water partition coefficient (Wildman–Crippen LogP) is 1.45. The summed E-state index contributed by atoms with van der Waals surface area (Å²) < 4.78 is 10.3. The summed E-state index contributed by atoms with van der Waals surface area (Å²) in [5.41, 5.74) is 1.03. The lowest BCUT2D eigenvalue weighted by Crippen LogP contribution is -2.17. The molecule has 0 radical (unpaired) electrons. The number of methoxy groups -OCH3 is 1. The van der Waals surface area contributed by atoms with E-state index in [1.165, 1.54) is 0 Å². The third kappa shape index (κ3) is 3.82. The topological polar surface area (TPSA) is 38.5 Å². The molecule has 1 aromatic rings. The molecule has 2 atom stereocenters. The van der Waals surface area contributed by atoms with Crippen molar-refractivity contribution in [3.8, 4) is 0 Å². The van der Waals surface area contributed by atoms with Crippen LogP contribution in [0.25, 0.3) is 0 Å². The van der Waals surface area contributed by atoms with Gasteiger partial charge in [0.2, 0.25) is 0 Å². The lowest BCUT2D eigenvalue weighted by atomic mass is 10.2. The Balaban J connectivity index is 1.65. The molecule has 0 aliphatic carbocycles. The third-order valence-electron chi connectivity index (χ3n) is 3.00. The number of hydrogen-bond donors (Lipinski definition) is 0. The number of nitrogens with zero attached hydrogens (tertiary/aromatic N) is 1. The lowest BCUT2D eigenvalue weighted by Gasteiger charge is -2.05. The SMILES string of the molecule is COCCCN1C[C@H]1C(=O)OCc1ccccc1. The number of hydrogen-bond acceptors (Lipinski definition) is 4. The minimum atomic E-state index is -0.115. The van der Waals surface area contributed by atoms with Crippen molar-refractivity contribution in [1.82, 2.24) is 4.90 Å². The molecule has 18 heavy (non-hydrogen) atoms. The van der Waals surface area contributed by atoms with E-state index in [2.05, 4.69) is 4.90 Å². The molecule has 0 aromatic heterocycles. The Kier molecular flexibility index (Phi) is 4.73. The fraction of sp³-hybridized carbons (Fsp3) is 0.500. The van der Waals surface area contributed by atoms with Crippen LogP contribution >= 0.6 is 0 Å². The molecule has 1 aromatic carbocycles. The highest BCUT2D eigenvalue weighted by Crippen LogP contribution is 2.19. The van der Waals surface area contributed by atoms with Crippen molar-refractivity contribution >= 4 is 5.97 Å². The van der Waals surface area contributed by atoms with Gasteiger partial charge in [0.1, 0.15) is 12.6 Å². The van der Waals surface area contributed by atoms with Crippen LogP contribution in [0.5, 0.6) is 0 Å². The number of rotatable bonds is 7. The van der Waals surface area contributed by atoms with E-state index >= 15 is 0 Å². The molecule has 1 aliphatic rings. The van der Waals surface area contributed by atoms with Crippen LogP contribution in [-0.2, 0) is 20.9 Å². The van der Waals surface area contributed by atoms with Crippen molar-refractivity contribution in [3.05, 3.63) is 35.9 Å². The lowest BCUT2D eigenvalue weighted by molar-refractivity contribution is -0.145. The monoisotopic (exact) mass is 249 g/mol. The molecule has 1 fully saturated rings. The summed E-state index contributed by atoms with van der Waals surface area (Å²) in [6.45, 7) is 2.82. The highest BCUT2D eigenvalue weighted by atomic mass is 16.5. The number of benzene rings is 1. The highest BCUT2D eigenvalue weighted by Gasteiger charge is 2.40. The van der Waals surface area contributed by atoms with Crippen molar-refractivity contribution in [3.63, 3.8) is 0 Å². The molecule has 4 heteroatoms. The van der Waals surface area contributed by atoms with E-state index in [9.17, 15) is 4.79 Å². The molecular weight excluding hydrogens is 230 g/mol. The molecule has 1 aliphatic heterocycles. The van der Waals surface area contributed by atoms with E-state index in [4.69, 9.17) is 9.47 Å². The molecule has 0 bridgehead atoms. The minimum absolute atomic E-state index is 0.0365. The molecule has 0 spiro atoms.